The maximum atomic E-state index is 11.6. The van der Waals surface area contributed by atoms with Crippen LogP contribution in [0.5, 0.6) is 0 Å². The highest BCUT2D eigenvalue weighted by molar-refractivity contribution is 8.00. The molecule has 1 heterocycles. The lowest BCUT2D eigenvalue weighted by Crippen LogP contribution is -2.40. The number of nitrogens with zero attached hydrogens (tertiary/aromatic N) is 1. The number of nitrogens with two attached hydrogens (primary N) is 1. The second-order valence-corrected chi connectivity index (χ2v) is 8.21. The number of benzene rings is 1. The van der Waals surface area contributed by atoms with Crippen LogP contribution in [0, 0.1) is 0 Å². The summed E-state index contributed by atoms with van der Waals surface area (Å²) in [5, 5.41) is 12.7. The van der Waals surface area contributed by atoms with Crippen LogP contribution in [0.4, 0.5) is 0 Å². The second-order valence-electron chi connectivity index (χ2n) is 6.61. The summed E-state index contributed by atoms with van der Waals surface area (Å²) in [6, 6.07) is 7.11. The predicted octanol–water partition coefficient (Wildman–Crippen LogP) is 1.87. The Labute approximate surface area is 185 Å². The average molecular weight is 458 g/mol. The molecule has 2 rings (SSSR count). The fraction of sp³-hybridized carbons (Fsp3) is 0.450. The number of carbonyl (C=O) groups excluding carboxylic acids is 2. The Morgan fingerprint density at radius 1 is 1.47 bits per heavy atom. The number of halogens is 1. The molecule has 0 aromatic heterocycles. The standard InChI is InChI=1S/C18H24ClN3O3S.C2H4O2/c1-12(20)18(25)21-11-26-16-6-7-22(10-14(16)8-17(23)24)9-13-4-2-3-5-15(13)19;1-4-2-3/h2-5,8,12,16H,6-7,9-11,20H2,1H3,(H,21,25)(H,23,24);2H,1H3/b14-8-;. The maximum Gasteiger partial charge on any atom is 0.328 e. The summed E-state index contributed by atoms with van der Waals surface area (Å²) in [6.07, 6.45) is 2.09. The van der Waals surface area contributed by atoms with Crippen LogP contribution in [0.15, 0.2) is 35.9 Å². The Morgan fingerprint density at radius 3 is 2.70 bits per heavy atom. The van der Waals surface area contributed by atoms with E-state index in [0.29, 0.717) is 30.5 Å². The molecule has 166 valence electrons. The number of hydrogen-bond acceptors (Lipinski definition) is 7. The van der Waals surface area contributed by atoms with Crippen LogP contribution in [0.3, 0.4) is 0 Å². The molecule has 0 radical (unpaired) electrons. The zero-order chi connectivity index (χ0) is 22.5. The van der Waals surface area contributed by atoms with E-state index in [1.807, 2.05) is 24.3 Å². The Hall–Kier alpha value is -2.07. The highest BCUT2D eigenvalue weighted by atomic mass is 35.5. The lowest BCUT2D eigenvalue weighted by Gasteiger charge is -2.34. The molecule has 2 unspecified atom stereocenters. The summed E-state index contributed by atoms with van der Waals surface area (Å²) in [5.74, 6) is -0.755. The van der Waals surface area contributed by atoms with Crippen LogP contribution in [-0.4, -0.2) is 65.7 Å². The van der Waals surface area contributed by atoms with Gasteiger partial charge in [0.15, 0.2) is 0 Å². The van der Waals surface area contributed by atoms with Gasteiger partial charge in [-0.25, -0.2) is 4.79 Å². The van der Waals surface area contributed by atoms with E-state index in [0.717, 1.165) is 24.1 Å². The maximum absolute atomic E-state index is 11.6. The van der Waals surface area contributed by atoms with Gasteiger partial charge >= 0.3 is 5.97 Å². The molecule has 1 aromatic rings. The second kappa shape index (κ2) is 14.0. The van der Waals surface area contributed by atoms with Gasteiger partial charge in [0.25, 0.3) is 6.47 Å². The van der Waals surface area contributed by atoms with Crippen molar-refractivity contribution >= 4 is 41.7 Å². The third kappa shape index (κ3) is 9.62. The van der Waals surface area contributed by atoms with E-state index in [2.05, 4.69) is 15.0 Å². The summed E-state index contributed by atoms with van der Waals surface area (Å²) in [6.45, 7) is 4.08. The fourth-order valence-electron chi connectivity index (χ4n) is 2.79. The van der Waals surface area contributed by atoms with Crippen molar-refractivity contribution in [3.63, 3.8) is 0 Å². The fourth-order valence-corrected chi connectivity index (χ4v) is 4.04. The molecule has 0 aliphatic carbocycles. The van der Waals surface area contributed by atoms with E-state index >= 15 is 0 Å². The number of amides is 1. The molecule has 4 N–H and O–H groups in total. The molecule has 2 atom stereocenters. The number of likely N-dealkylation sites (tertiary alicyclic amines) is 1. The minimum atomic E-state index is -0.954. The molecule has 0 spiro atoms. The molecule has 1 fully saturated rings. The highest BCUT2D eigenvalue weighted by Gasteiger charge is 2.25. The molecule has 10 heteroatoms. The lowest BCUT2D eigenvalue weighted by molar-refractivity contribution is -0.131. The largest absolute Gasteiger partial charge is 0.478 e. The van der Waals surface area contributed by atoms with Gasteiger partial charge in [-0.2, -0.15) is 0 Å². The molecule has 0 saturated carbocycles. The molecule has 8 nitrogen and oxygen atoms in total. The van der Waals surface area contributed by atoms with Gasteiger partial charge in [-0.15, -0.1) is 11.8 Å². The van der Waals surface area contributed by atoms with Gasteiger partial charge in [0, 0.05) is 36.0 Å². The number of carbonyl (C=O) groups is 3. The molecule has 1 aromatic carbocycles. The first-order valence-corrected chi connectivity index (χ1v) is 10.7. The van der Waals surface area contributed by atoms with E-state index in [-0.39, 0.29) is 11.2 Å². The molecular weight excluding hydrogens is 430 g/mol. The molecule has 1 aliphatic heterocycles. The molecule has 1 aliphatic rings. The van der Waals surface area contributed by atoms with Crippen molar-refractivity contribution in [2.24, 2.45) is 5.73 Å². The van der Waals surface area contributed by atoms with E-state index < -0.39 is 12.0 Å². The van der Waals surface area contributed by atoms with Crippen LogP contribution in [0.1, 0.15) is 18.9 Å². The Balaban J connectivity index is 0.00000103. The summed E-state index contributed by atoms with van der Waals surface area (Å²) >= 11 is 7.76. The Kier molecular flexibility index (Phi) is 12.1. The normalized spacial score (nSPS) is 18.7. The molecule has 30 heavy (non-hydrogen) atoms. The SMILES string of the molecule is CC(N)C(=O)NCSC1CCN(Cc2ccccc2Cl)C/C1=C/C(=O)O.COC=O. The van der Waals surface area contributed by atoms with Gasteiger partial charge in [0.1, 0.15) is 0 Å². The molecular formula is C20H28ClN3O5S. The highest BCUT2D eigenvalue weighted by Crippen LogP contribution is 2.29. The van der Waals surface area contributed by atoms with Crippen molar-refractivity contribution in [3.8, 4) is 0 Å². The van der Waals surface area contributed by atoms with Crippen molar-refractivity contribution in [2.45, 2.75) is 31.2 Å². The van der Waals surface area contributed by atoms with E-state index in [1.54, 1.807) is 6.92 Å². The van der Waals surface area contributed by atoms with Crippen LogP contribution in [-0.2, 0) is 25.7 Å². The Morgan fingerprint density at radius 2 is 2.13 bits per heavy atom. The summed E-state index contributed by atoms with van der Waals surface area (Å²) < 4.78 is 3.86. The minimum absolute atomic E-state index is 0.0574. The van der Waals surface area contributed by atoms with Crippen molar-refractivity contribution in [1.82, 2.24) is 10.2 Å². The van der Waals surface area contributed by atoms with Crippen LogP contribution < -0.4 is 11.1 Å². The lowest BCUT2D eigenvalue weighted by atomic mass is 10.0. The molecule has 1 saturated heterocycles. The average Bonchev–Trinajstić information content (AvgIpc) is 2.70. The summed E-state index contributed by atoms with van der Waals surface area (Å²) in [5.41, 5.74) is 7.39. The monoisotopic (exact) mass is 457 g/mol. The van der Waals surface area contributed by atoms with Gasteiger partial charge in [0.05, 0.1) is 19.0 Å². The minimum Gasteiger partial charge on any atom is -0.478 e. The van der Waals surface area contributed by atoms with Gasteiger partial charge < -0.3 is 20.9 Å². The predicted molar refractivity (Wildman–Crippen MR) is 118 cm³/mol. The van der Waals surface area contributed by atoms with Crippen molar-refractivity contribution in [3.05, 3.63) is 46.5 Å². The first-order valence-electron chi connectivity index (χ1n) is 9.29. The zero-order valence-corrected chi connectivity index (χ0v) is 18.6. The number of hydrogen-bond donors (Lipinski definition) is 3. The molecule has 0 bridgehead atoms. The number of nitrogens with one attached hydrogen (secondary N) is 1. The number of carboxylic acid groups (broad SMARTS) is 1. The quantitative estimate of drug-likeness (QED) is 0.307. The smallest absolute Gasteiger partial charge is 0.328 e. The number of piperidine rings is 1. The first-order chi connectivity index (χ1) is 14.3. The zero-order valence-electron chi connectivity index (χ0n) is 17.0. The van der Waals surface area contributed by atoms with Crippen LogP contribution in [0.2, 0.25) is 5.02 Å². The summed E-state index contributed by atoms with van der Waals surface area (Å²) in [7, 11) is 1.31. The van der Waals surface area contributed by atoms with E-state index in [9.17, 15) is 14.7 Å². The molecule has 1 amide bonds. The number of thioether (sulfide) groups is 1. The summed E-state index contributed by atoms with van der Waals surface area (Å²) in [4.78, 5) is 33.9. The van der Waals surface area contributed by atoms with Gasteiger partial charge in [-0.1, -0.05) is 29.8 Å². The van der Waals surface area contributed by atoms with Crippen molar-refractivity contribution < 1.29 is 24.2 Å². The third-order valence-corrected chi connectivity index (χ3v) is 5.85. The van der Waals surface area contributed by atoms with E-state index in [4.69, 9.17) is 22.1 Å². The number of ether oxygens (including phenoxy) is 1. The van der Waals surface area contributed by atoms with Gasteiger partial charge in [-0.05, 0) is 30.5 Å². The van der Waals surface area contributed by atoms with Crippen molar-refractivity contribution in [1.29, 1.82) is 0 Å². The number of rotatable bonds is 8. The van der Waals surface area contributed by atoms with Crippen LogP contribution in [0.25, 0.3) is 0 Å². The number of carboxylic acids is 1. The Bertz CT molecular complexity index is 745. The number of aliphatic carboxylic acids is 1. The number of methoxy groups -OCH3 is 1. The van der Waals surface area contributed by atoms with Crippen LogP contribution >= 0.6 is 23.4 Å². The van der Waals surface area contributed by atoms with Gasteiger partial charge in [0.2, 0.25) is 5.91 Å². The van der Waals surface area contributed by atoms with Gasteiger partial charge in [-0.3, -0.25) is 14.5 Å². The topological polar surface area (TPSA) is 122 Å². The third-order valence-electron chi connectivity index (χ3n) is 4.23. The van der Waals surface area contributed by atoms with Crippen molar-refractivity contribution in [2.75, 3.05) is 26.1 Å². The first kappa shape index (κ1) is 26.0. The van der Waals surface area contributed by atoms with E-state index in [1.165, 1.54) is 24.9 Å².